The molecule has 1 aliphatic carbocycles. The molecule has 0 spiro atoms. The molecule has 4 rings (SSSR count). The summed E-state index contributed by atoms with van der Waals surface area (Å²) in [5, 5.41) is 21.3. The predicted molar refractivity (Wildman–Crippen MR) is 102 cm³/mol. The van der Waals surface area contributed by atoms with Gasteiger partial charge in [0.1, 0.15) is 0 Å². The van der Waals surface area contributed by atoms with E-state index in [2.05, 4.69) is 20.6 Å². The molecule has 1 amide bonds. The Kier molecular flexibility index (Phi) is 4.54. The molecule has 0 atom stereocenters. The minimum Gasteiger partial charge on any atom is -0.481 e. The van der Waals surface area contributed by atoms with Crippen molar-refractivity contribution in [1.29, 1.82) is 0 Å². The zero-order chi connectivity index (χ0) is 19.7. The standard InChI is InChI=1S/C20H21N5O3/c1-13-18(19(28)22-20(12-17(26)27)9-2-3-10-20)23-24-25(13)16-8-4-7-15-14(16)6-5-11-21-15/h4-8,11H,2-3,9-10,12H2,1H3,(H,22,28)(H,26,27). The van der Waals surface area contributed by atoms with Gasteiger partial charge in [0.15, 0.2) is 5.69 Å². The molecule has 2 heterocycles. The van der Waals surface area contributed by atoms with Gasteiger partial charge >= 0.3 is 5.97 Å². The van der Waals surface area contributed by atoms with Gasteiger partial charge in [-0.3, -0.25) is 14.6 Å². The highest BCUT2D eigenvalue weighted by Gasteiger charge is 2.38. The monoisotopic (exact) mass is 379 g/mol. The number of pyridine rings is 1. The molecule has 28 heavy (non-hydrogen) atoms. The molecule has 3 aromatic rings. The Hall–Kier alpha value is -3.29. The molecule has 2 N–H and O–H groups in total. The number of fused-ring (bicyclic) bond motifs is 1. The van der Waals surface area contributed by atoms with Crippen LogP contribution in [0, 0.1) is 6.92 Å². The maximum atomic E-state index is 12.9. The van der Waals surface area contributed by atoms with Crippen molar-refractivity contribution in [2.75, 3.05) is 0 Å². The van der Waals surface area contributed by atoms with E-state index in [1.807, 2.05) is 30.3 Å². The summed E-state index contributed by atoms with van der Waals surface area (Å²) in [7, 11) is 0. The molecule has 0 aliphatic heterocycles. The average Bonchev–Trinajstić information content (AvgIpc) is 3.27. The van der Waals surface area contributed by atoms with Gasteiger partial charge in [-0.2, -0.15) is 0 Å². The lowest BCUT2D eigenvalue weighted by Crippen LogP contribution is -2.48. The fraction of sp³-hybridized carbons (Fsp3) is 0.350. The molecular formula is C20H21N5O3. The molecule has 0 saturated heterocycles. The van der Waals surface area contributed by atoms with E-state index in [9.17, 15) is 14.7 Å². The molecule has 8 heteroatoms. The van der Waals surface area contributed by atoms with Crippen LogP contribution in [0.15, 0.2) is 36.5 Å². The van der Waals surface area contributed by atoms with Gasteiger partial charge in [-0.1, -0.05) is 24.1 Å². The van der Waals surface area contributed by atoms with Crippen molar-refractivity contribution < 1.29 is 14.7 Å². The van der Waals surface area contributed by atoms with Crippen molar-refractivity contribution in [3.8, 4) is 5.69 Å². The number of carbonyl (C=O) groups excluding carboxylic acids is 1. The number of benzene rings is 1. The van der Waals surface area contributed by atoms with Crippen molar-refractivity contribution in [3.05, 3.63) is 47.9 Å². The first-order valence-electron chi connectivity index (χ1n) is 9.30. The first-order chi connectivity index (χ1) is 13.5. The Bertz CT molecular complexity index is 1050. The first-order valence-corrected chi connectivity index (χ1v) is 9.30. The molecule has 1 aromatic carbocycles. The van der Waals surface area contributed by atoms with Crippen LogP contribution in [0.3, 0.4) is 0 Å². The Balaban J connectivity index is 1.66. The smallest absolute Gasteiger partial charge is 0.305 e. The molecule has 0 unspecified atom stereocenters. The Labute approximate surface area is 161 Å². The number of carboxylic acids is 1. The van der Waals surface area contributed by atoms with Gasteiger partial charge in [0.25, 0.3) is 5.91 Å². The van der Waals surface area contributed by atoms with Crippen molar-refractivity contribution in [1.82, 2.24) is 25.3 Å². The van der Waals surface area contributed by atoms with E-state index >= 15 is 0 Å². The maximum Gasteiger partial charge on any atom is 0.305 e. The predicted octanol–water partition coefficient (Wildman–Crippen LogP) is 2.64. The Morgan fingerprint density at radius 3 is 2.75 bits per heavy atom. The number of rotatable bonds is 5. The van der Waals surface area contributed by atoms with E-state index in [0.29, 0.717) is 18.5 Å². The van der Waals surface area contributed by atoms with E-state index in [1.54, 1.807) is 17.8 Å². The lowest BCUT2D eigenvalue weighted by molar-refractivity contribution is -0.138. The fourth-order valence-corrected chi connectivity index (χ4v) is 4.03. The van der Waals surface area contributed by atoms with Crippen molar-refractivity contribution >= 4 is 22.8 Å². The molecule has 0 bridgehead atoms. The highest BCUT2D eigenvalue weighted by atomic mass is 16.4. The molecule has 1 fully saturated rings. The molecular weight excluding hydrogens is 358 g/mol. The Morgan fingerprint density at radius 2 is 2.00 bits per heavy atom. The van der Waals surface area contributed by atoms with Gasteiger partial charge in [0.05, 0.1) is 28.9 Å². The van der Waals surface area contributed by atoms with Crippen LogP contribution in [0.5, 0.6) is 0 Å². The third kappa shape index (κ3) is 3.21. The van der Waals surface area contributed by atoms with E-state index in [-0.39, 0.29) is 18.0 Å². The number of amides is 1. The van der Waals surface area contributed by atoms with Gasteiger partial charge in [-0.25, -0.2) is 4.68 Å². The summed E-state index contributed by atoms with van der Waals surface area (Å²) in [4.78, 5) is 28.5. The van der Waals surface area contributed by atoms with Gasteiger partial charge in [-0.15, -0.1) is 5.10 Å². The van der Waals surface area contributed by atoms with E-state index < -0.39 is 11.5 Å². The summed E-state index contributed by atoms with van der Waals surface area (Å²) in [6.45, 7) is 1.78. The van der Waals surface area contributed by atoms with Crippen LogP contribution < -0.4 is 5.32 Å². The fourth-order valence-electron chi connectivity index (χ4n) is 4.03. The van der Waals surface area contributed by atoms with Crippen molar-refractivity contribution in [2.24, 2.45) is 0 Å². The zero-order valence-corrected chi connectivity index (χ0v) is 15.6. The highest BCUT2D eigenvalue weighted by Crippen LogP contribution is 2.33. The summed E-state index contributed by atoms with van der Waals surface area (Å²) in [5.41, 5.74) is 1.71. The summed E-state index contributed by atoms with van der Waals surface area (Å²) in [5.74, 6) is -1.30. The van der Waals surface area contributed by atoms with Gasteiger partial charge in [0, 0.05) is 11.6 Å². The quantitative estimate of drug-likeness (QED) is 0.705. The van der Waals surface area contributed by atoms with Gasteiger partial charge < -0.3 is 10.4 Å². The number of nitrogens with zero attached hydrogens (tertiary/aromatic N) is 4. The molecule has 8 nitrogen and oxygen atoms in total. The van der Waals surface area contributed by atoms with Crippen LogP contribution in [-0.4, -0.2) is 42.5 Å². The van der Waals surface area contributed by atoms with E-state index in [4.69, 9.17) is 0 Å². The second-order valence-electron chi connectivity index (χ2n) is 7.29. The van der Waals surface area contributed by atoms with E-state index in [1.165, 1.54) is 0 Å². The van der Waals surface area contributed by atoms with Crippen molar-refractivity contribution in [3.63, 3.8) is 0 Å². The number of aliphatic carboxylic acids is 1. The first kappa shape index (κ1) is 18.1. The average molecular weight is 379 g/mol. The normalized spacial score (nSPS) is 15.6. The molecule has 144 valence electrons. The zero-order valence-electron chi connectivity index (χ0n) is 15.6. The maximum absolute atomic E-state index is 12.9. The third-order valence-electron chi connectivity index (χ3n) is 5.39. The minimum atomic E-state index is -0.911. The second-order valence-corrected chi connectivity index (χ2v) is 7.29. The number of aromatic nitrogens is 4. The summed E-state index contributed by atoms with van der Waals surface area (Å²) in [6.07, 6.45) is 4.77. The molecule has 2 aromatic heterocycles. The summed E-state index contributed by atoms with van der Waals surface area (Å²) in [6, 6.07) is 9.48. The van der Waals surface area contributed by atoms with Crippen LogP contribution in [0.2, 0.25) is 0 Å². The molecule has 1 aliphatic rings. The summed E-state index contributed by atoms with van der Waals surface area (Å²) >= 11 is 0. The SMILES string of the molecule is Cc1c(C(=O)NC2(CC(=O)O)CCCC2)nnn1-c1cccc2ncccc12. The number of nitrogens with one attached hydrogen (secondary N) is 1. The number of carboxylic acid groups (broad SMARTS) is 1. The highest BCUT2D eigenvalue weighted by molar-refractivity contribution is 5.94. The minimum absolute atomic E-state index is 0.0824. The number of carbonyl (C=O) groups is 2. The van der Waals surface area contributed by atoms with Crippen LogP contribution in [0.25, 0.3) is 16.6 Å². The molecule has 1 saturated carbocycles. The van der Waals surface area contributed by atoms with Crippen LogP contribution in [-0.2, 0) is 4.79 Å². The molecule has 0 radical (unpaired) electrons. The van der Waals surface area contributed by atoms with Crippen LogP contribution >= 0.6 is 0 Å². The van der Waals surface area contributed by atoms with E-state index in [0.717, 1.165) is 29.4 Å². The topological polar surface area (TPSA) is 110 Å². The largest absolute Gasteiger partial charge is 0.481 e. The van der Waals surface area contributed by atoms with Crippen LogP contribution in [0.4, 0.5) is 0 Å². The lowest BCUT2D eigenvalue weighted by atomic mass is 9.93. The second kappa shape index (κ2) is 7.03. The van der Waals surface area contributed by atoms with Gasteiger partial charge in [0.2, 0.25) is 0 Å². The van der Waals surface area contributed by atoms with Crippen molar-refractivity contribution in [2.45, 2.75) is 44.6 Å². The van der Waals surface area contributed by atoms with Gasteiger partial charge in [-0.05, 0) is 44.0 Å². The lowest BCUT2D eigenvalue weighted by Gasteiger charge is -2.28. The van der Waals surface area contributed by atoms with Crippen LogP contribution in [0.1, 0.15) is 48.3 Å². The summed E-state index contributed by atoms with van der Waals surface area (Å²) < 4.78 is 1.62. The number of hydrogen-bond acceptors (Lipinski definition) is 5. The Morgan fingerprint density at radius 1 is 1.21 bits per heavy atom. The third-order valence-corrected chi connectivity index (χ3v) is 5.39. The number of hydrogen-bond donors (Lipinski definition) is 2.